The minimum absolute atomic E-state index is 0.219. The number of nitrogens with two attached hydrogens (primary N) is 1. The van der Waals surface area contributed by atoms with Crippen molar-refractivity contribution in [3.63, 3.8) is 0 Å². The number of nitrogens with zero attached hydrogens (tertiary/aromatic N) is 1. The maximum absolute atomic E-state index is 6.09. The van der Waals surface area contributed by atoms with Crippen LogP contribution in [0.15, 0.2) is 35.1 Å². The summed E-state index contributed by atoms with van der Waals surface area (Å²) in [5, 5.41) is 0.897. The number of pyridine rings is 1. The molecular formula is C12H7BrCl2N2OS. The summed E-state index contributed by atoms with van der Waals surface area (Å²) in [6, 6.07) is 4.92. The fourth-order valence-electron chi connectivity index (χ4n) is 1.37. The van der Waals surface area contributed by atoms with Crippen LogP contribution in [-0.4, -0.2) is 9.97 Å². The monoisotopic (exact) mass is 376 g/mol. The highest BCUT2D eigenvalue weighted by Crippen LogP contribution is 2.37. The van der Waals surface area contributed by atoms with Gasteiger partial charge in [0.2, 0.25) is 0 Å². The number of rotatable bonds is 3. The molecule has 2 N–H and O–H groups in total. The van der Waals surface area contributed by atoms with Crippen molar-refractivity contribution in [3.8, 4) is 11.5 Å². The summed E-state index contributed by atoms with van der Waals surface area (Å²) in [4.78, 5) is 4.19. The Morgan fingerprint density at radius 3 is 2.68 bits per heavy atom. The van der Waals surface area contributed by atoms with Gasteiger partial charge in [0.25, 0.3) is 0 Å². The van der Waals surface area contributed by atoms with Gasteiger partial charge in [-0.1, -0.05) is 35.4 Å². The topological polar surface area (TPSA) is 48.1 Å². The molecule has 0 fully saturated rings. The molecule has 19 heavy (non-hydrogen) atoms. The maximum Gasteiger partial charge on any atom is 0.155 e. The summed E-state index contributed by atoms with van der Waals surface area (Å²) in [6.45, 7) is 0. The summed E-state index contributed by atoms with van der Waals surface area (Å²) >= 11 is 20.3. The number of hydrogen-bond acceptors (Lipinski definition) is 3. The van der Waals surface area contributed by atoms with E-state index in [1.807, 2.05) is 0 Å². The van der Waals surface area contributed by atoms with Crippen LogP contribution in [0.5, 0.6) is 11.5 Å². The number of hydrogen-bond donors (Lipinski definition) is 1. The molecule has 0 aliphatic carbocycles. The first kappa shape index (κ1) is 14.5. The summed E-state index contributed by atoms with van der Waals surface area (Å²) in [7, 11) is 0. The molecule has 0 aliphatic heterocycles. The van der Waals surface area contributed by atoms with E-state index in [1.54, 1.807) is 24.4 Å². The van der Waals surface area contributed by atoms with Gasteiger partial charge in [-0.05, 0) is 28.1 Å². The number of halogens is 3. The van der Waals surface area contributed by atoms with Crippen LogP contribution in [0.2, 0.25) is 10.0 Å². The molecule has 1 aromatic heterocycles. The molecule has 0 amide bonds. The smallest absolute Gasteiger partial charge is 0.155 e. The lowest BCUT2D eigenvalue weighted by atomic mass is 10.2. The van der Waals surface area contributed by atoms with Crippen molar-refractivity contribution in [3.05, 3.63) is 50.7 Å². The Kier molecular flexibility index (Phi) is 4.62. The lowest BCUT2D eigenvalue weighted by molar-refractivity contribution is 0.479. The molecule has 2 aromatic rings. The Balaban J connectivity index is 2.42. The first-order chi connectivity index (χ1) is 8.99. The fraction of sp³-hybridized carbons (Fsp3) is 0. The van der Waals surface area contributed by atoms with Gasteiger partial charge in [0.15, 0.2) is 5.75 Å². The Hall–Kier alpha value is -0.880. The minimum atomic E-state index is 0.219. The molecule has 98 valence electrons. The average Bonchev–Trinajstić information content (AvgIpc) is 2.36. The van der Waals surface area contributed by atoms with Crippen LogP contribution in [0.4, 0.5) is 0 Å². The van der Waals surface area contributed by atoms with E-state index in [9.17, 15) is 0 Å². The first-order valence-corrected chi connectivity index (χ1v) is 7.01. The third kappa shape index (κ3) is 3.36. The van der Waals surface area contributed by atoms with Crippen LogP contribution in [0.3, 0.4) is 0 Å². The van der Waals surface area contributed by atoms with Gasteiger partial charge < -0.3 is 10.5 Å². The lowest BCUT2D eigenvalue weighted by Crippen LogP contribution is -2.10. The zero-order valence-corrected chi connectivity index (χ0v) is 13.3. The number of aromatic nitrogens is 1. The van der Waals surface area contributed by atoms with Crippen LogP contribution >= 0.6 is 51.3 Å². The average molecular weight is 378 g/mol. The van der Waals surface area contributed by atoms with Crippen molar-refractivity contribution in [2.24, 2.45) is 5.73 Å². The SMILES string of the molecule is NC(=S)c1ccncc1Oc1cc(Cl)c(Br)cc1Cl. The molecule has 0 saturated carbocycles. The molecule has 0 unspecified atom stereocenters. The van der Waals surface area contributed by atoms with E-state index in [0.29, 0.717) is 31.6 Å². The van der Waals surface area contributed by atoms with Crippen LogP contribution in [0.25, 0.3) is 0 Å². The Morgan fingerprint density at radius 2 is 2.00 bits per heavy atom. The number of thiocarbonyl (C=S) groups is 1. The van der Waals surface area contributed by atoms with Crippen LogP contribution < -0.4 is 10.5 Å². The van der Waals surface area contributed by atoms with Gasteiger partial charge in [0.1, 0.15) is 10.7 Å². The molecule has 3 nitrogen and oxygen atoms in total. The number of benzene rings is 1. The number of ether oxygens (including phenoxy) is 1. The highest BCUT2D eigenvalue weighted by molar-refractivity contribution is 9.10. The molecule has 0 aliphatic rings. The van der Waals surface area contributed by atoms with Crippen molar-refractivity contribution >= 4 is 56.3 Å². The Morgan fingerprint density at radius 1 is 1.26 bits per heavy atom. The Labute approximate surface area is 133 Å². The van der Waals surface area contributed by atoms with E-state index >= 15 is 0 Å². The summed E-state index contributed by atoms with van der Waals surface area (Å²) in [6.07, 6.45) is 3.10. The van der Waals surface area contributed by atoms with E-state index in [0.717, 1.165) is 0 Å². The summed E-state index contributed by atoms with van der Waals surface area (Å²) < 4.78 is 6.36. The fourth-order valence-corrected chi connectivity index (χ4v) is 2.37. The zero-order chi connectivity index (χ0) is 14.0. The predicted molar refractivity (Wildman–Crippen MR) is 84.4 cm³/mol. The second-order valence-electron chi connectivity index (χ2n) is 3.53. The van der Waals surface area contributed by atoms with Crippen molar-refractivity contribution in [1.82, 2.24) is 4.98 Å². The summed E-state index contributed by atoms with van der Waals surface area (Å²) in [5.41, 5.74) is 6.20. The molecule has 1 aromatic carbocycles. The lowest BCUT2D eigenvalue weighted by Gasteiger charge is -2.11. The van der Waals surface area contributed by atoms with Gasteiger partial charge in [0, 0.05) is 16.7 Å². The van der Waals surface area contributed by atoms with Crippen LogP contribution in [0, 0.1) is 0 Å². The second kappa shape index (κ2) is 6.05. The van der Waals surface area contributed by atoms with E-state index in [1.165, 1.54) is 6.20 Å². The standard InChI is InChI=1S/C12H7BrCl2N2OS/c13-7-3-9(15)10(4-8(7)14)18-11-5-17-2-1-6(11)12(16)19/h1-5H,(H2,16,19). The second-order valence-corrected chi connectivity index (χ2v) is 5.64. The molecule has 0 bridgehead atoms. The van der Waals surface area contributed by atoms with Gasteiger partial charge in [-0.2, -0.15) is 0 Å². The minimum Gasteiger partial charge on any atom is -0.453 e. The van der Waals surface area contributed by atoms with Gasteiger partial charge in [0.05, 0.1) is 21.8 Å². The molecule has 2 rings (SSSR count). The first-order valence-electron chi connectivity index (χ1n) is 5.05. The molecule has 1 heterocycles. The third-order valence-corrected chi connectivity index (χ3v) is 3.96. The normalized spacial score (nSPS) is 10.3. The third-order valence-electron chi connectivity index (χ3n) is 2.24. The van der Waals surface area contributed by atoms with Crippen molar-refractivity contribution in [2.75, 3.05) is 0 Å². The molecule has 0 spiro atoms. The van der Waals surface area contributed by atoms with Crippen molar-refractivity contribution in [1.29, 1.82) is 0 Å². The van der Waals surface area contributed by atoms with Gasteiger partial charge in [-0.25, -0.2) is 0 Å². The van der Waals surface area contributed by atoms with E-state index in [2.05, 4.69) is 20.9 Å². The highest BCUT2D eigenvalue weighted by Gasteiger charge is 2.11. The van der Waals surface area contributed by atoms with Gasteiger partial charge >= 0.3 is 0 Å². The summed E-state index contributed by atoms with van der Waals surface area (Å²) in [5.74, 6) is 0.829. The molecule has 7 heteroatoms. The molecule has 0 saturated heterocycles. The Bertz CT molecular complexity index is 652. The largest absolute Gasteiger partial charge is 0.453 e. The predicted octanol–water partition coefficient (Wildman–Crippen LogP) is 4.58. The van der Waals surface area contributed by atoms with Gasteiger partial charge in [-0.3, -0.25) is 4.98 Å². The zero-order valence-electron chi connectivity index (χ0n) is 9.36. The van der Waals surface area contributed by atoms with Gasteiger partial charge in [-0.15, -0.1) is 0 Å². The van der Waals surface area contributed by atoms with E-state index in [4.69, 9.17) is 45.9 Å². The van der Waals surface area contributed by atoms with Crippen molar-refractivity contribution in [2.45, 2.75) is 0 Å². The maximum atomic E-state index is 6.09. The van der Waals surface area contributed by atoms with E-state index in [-0.39, 0.29) is 4.99 Å². The highest BCUT2D eigenvalue weighted by atomic mass is 79.9. The molecule has 0 radical (unpaired) electrons. The quantitative estimate of drug-likeness (QED) is 0.628. The van der Waals surface area contributed by atoms with E-state index < -0.39 is 0 Å². The van der Waals surface area contributed by atoms with Crippen molar-refractivity contribution < 1.29 is 4.74 Å². The van der Waals surface area contributed by atoms with Crippen LogP contribution in [0.1, 0.15) is 5.56 Å². The van der Waals surface area contributed by atoms with Crippen LogP contribution in [-0.2, 0) is 0 Å². The molecule has 0 atom stereocenters. The molecular weight excluding hydrogens is 371 g/mol.